The number of hydrazine groups is 1. The first kappa shape index (κ1) is 30.7. The molecule has 4 atom stereocenters. The Labute approximate surface area is 270 Å². The van der Waals surface area contributed by atoms with Gasteiger partial charge in [0.15, 0.2) is 17.8 Å². The Hall–Kier alpha value is -4.91. The van der Waals surface area contributed by atoms with E-state index in [-0.39, 0.29) is 29.9 Å². The molecule has 3 aliphatic heterocycles. The Morgan fingerprint density at radius 1 is 1.09 bits per heavy atom. The molecule has 244 valence electrons. The summed E-state index contributed by atoms with van der Waals surface area (Å²) in [5.41, 5.74) is 7.66. The minimum atomic E-state index is -1.42. The Morgan fingerprint density at radius 3 is 2.57 bits per heavy atom. The molecule has 2 aromatic carbocycles. The minimum Gasteiger partial charge on any atom is -0.486 e. The van der Waals surface area contributed by atoms with Gasteiger partial charge in [-0.2, -0.15) is 10.2 Å². The van der Waals surface area contributed by atoms with E-state index in [1.165, 1.54) is 6.33 Å². The maximum atomic E-state index is 15.2. The number of hydrogen-bond acceptors (Lipinski definition) is 12. The van der Waals surface area contributed by atoms with E-state index in [4.69, 9.17) is 9.47 Å². The number of ether oxygens (including phenoxy) is 2. The number of nitriles is 1. The van der Waals surface area contributed by atoms with Crippen molar-refractivity contribution in [2.45, 2.75) is 43.7 Å². The Morgan fingerprint density at radius 2 is 1.89 bits per heavy atom. The molecule has 3 saturated heterocycles. The number of nitrogens with one attached hydrogen (secondary N) is 4. The second kappa shape index (κ2) is 13.4. The fraction of sp³-hybridized carbons (Fsp3) is 0.438. The van der Waals surface area contributed by atoms with E-state index in [0.29, 0.717) is 29.8 Å². The lowest BCUT2D eigenvalue weighted by atomic mass is 9.82. The first-order valence-electron chi connectivity index (χ1n) is 15.8. The Balaban J connectivity index is 0.956. The average Bonchev–Trinajstić information content (AvgIpc) is 3.51. The third-order valence-corrected chi connectivity index (χ3v) is 9.15. The van der Waals surface area contributed by atoms with Crippen LogP contribution in [0, 0.1) is 17.2 Å². The van der Waals surface area contributed by atoms with E-state index >= 15 is 4.39 Å². The van der Waals surface area contributed by atoms with E-state index in [9.17, 15) is 14.9 Å². The van der Waals surface area contributed by atoms with E-state index in [1.54, 1.807) is 18.2 Å². The average molecular weight is 643 g/mol. The molecule has 2 unspecified atom stereocenters. The molecule has 4 N–H and O–H groups in total. The minimum absolute atomic E-state index is 0.0333. The number of Topliss-reactive ketones (excluding diaryl/α,β-unsaturated/α-hetero) is 1. The van der Waals surface area contributed by atoms with Crippen molar-refractivity contribution >= 4 is 29.1 Å². The summed E-state index contributed by atoms with van der Waals surface area (Å²) >= 11 is 0. The van der Waals surface area contributed by atoms with Crippen LogP contribution in [0.3, 0.4) is 0 Å². The predicted molar refractivity (Wildman–Crippen MR) is 168 cm³/mol. The molecule has 1 aromatic heterocycles. The second-order valence-electron chi connectivity index (χ2n) is 12.1. The van der Waals surface area contributed by atoms with Gasteiger partial charge in [-0.05, 0) is 61.7 Å². The van der Waals surface area contributed by atoms with Crippen LogP contribution in [0.2, 0.25) is 0 Å². The molecule has 47 heavy (non-hydrogen) atoms. The second-order valence-corrected chi connectivity index (χ2v) is 12.1. The highest BCUT2D eigenvalue weighted by molar-refractivity contribution is 5.92. The standard InChI is InChI=1S/C32H35FN10O4/c33-25-14-19(28(44)30-39-32(45)41-40-30)1-8-27(25)47-26-7-2-20(13-21(26)15-34)29-35-18-36-31(38-29)37-22-3-5-23(6-4-22)42-9-11-43(12-10-42)24-16-46-17-24/h2-7,13,18-19,24-25,27,30,40H,1,8-12,14,16-17H2,(H2,39,41,45)(H,35,36,37,38)/t19?,25-,27+,30?/m1/s1. The fourth-order valence-corrected chi connectivity index (χ4v) is 6.38. The maximum absolute atomic E-state index is 15.2. The summed E-state index contributed by atoms with van der Waals surface area (Å²) in [7, 11) is 0. The number of benzene rings is 2. The van der Waals surface area contributed by atoms with E-state index in [2.05, 4.69) is 64.4 Å². The van der Waals surface area contributed by atoms with Crippen LogP contribution in [0.1, 0.15) is 24.8 Å². The van der Waals surface area contributed by atoms with Crippen molar-refractivity contribution in [1.29, 1.82) is 5.26 Å². The molecule has 4 heterocycles. The summed E-state index contributed by atoms with van der Waals surface area (Å²) in [6, 6.07) is 15.3. The lowest BCUT2D eigenvalue weighted by Gasteiger charge is -2.43. The lowest BCUT2D eigenvalue weighted by Crippen LogP contribution is -2.56. The van der Waals surface area contributed by atoms with Crippen molar-refractivity contribution < 1.29 is 23.5 Å². The molecule has 0 spiro atoms. The van der Waals surface area contributed by atoms with Crippen molar-refractivity contribution in [2.24, 2.45) is 5.92 Å². The topological polar surface area (TPSA) is 170 Å². The third-order valence-electron chi connectivity index (χ3n) is 9.15. The molecule has 2 amide bonds. The molecule has 15 heteroatoms. The number of anilines is 3. The van der Waals surface area contributed by atoms with Crippen molar-refractivity contribution in [1.82, 2.24) is 36.0 Å². The number of ketones is 1. The highest BCUT2D eigenvalue weighted by atomic mass is 19.1. The summed E-state index contributed by atoms with van der Waals surface area (Å²) in [4.78, 5) is 42.0. The van der Waals surface area contributed by atoms with Crippen LogP contribution in [-0.2, 0) is 9.53 Å². The zero-order valence-corrected chi connectivity index (χ0v) is 25.6. The van der Waals surface area contributed by atoms with Gasteiger partial charge < -0.3 is 25.0 Å². The van der Waals surface area contributed by atoms with Gasteiger partial charge in [0.2, 0.25) is 5.95 Å². The molecule has 14 nitrogen and oxygen atoms in total. The SMILES string of the molecule is N#Cc1cc(-c2ncnc(Nc3ccc(N4CCN(C5COC5)CC4)cc3)n2)ccc1O[C@H]1CCC(C(=O)C2NNC(=O)N2)C[C@H]1F. The highest BCUT2D eigenvalue weighted by Gasteiger charge is 2.39. The number of halogens is 1. The third kappa shape index (κ3) is 6.80. The summed E-state index contributed by atoms with van der Waals surface area (Å²) in [5, 5.41) is 15.6. The first-order valence-corrected chi connectivity index (χ1v) is 15.8. The molecule has 1 aliphatic carbocycles. The molecule has 1 saturated carbocycles. The highest BCUT2D eigenvalue weighted by Crippen LogP contribution is 2.33. The van der Waals surface area contributed by atoms with E-state index in [0.717, 1.165) is 50.8 Å². The monoisotopic (exact) mass is 642 g/mol. The van der Waals surface area contributed by atoms with Crippen LogP contribution in [0.5, 0.6) is 5.75 Å². The van der Waals surface area contributed by atoms with Crippen LogP contribution in [0.15, 0.2) is 48.8 Å². The normalized spacial score (nSPS) is 24.9. The number of piperazine rings is 1. The number of amides is 2. The van der Waals surface area contributed by atoms with Gasteiger partial charge in [0, 0.05) is 49.0 Å². The quantitative estimate of drug-likeness (QED) is 0.269. The number of carbonyl (C=O) groups excluding carboxylic acids is 2. The van der Waals surface area contributed by atoms with Gasteiger partial charge in [-0.3, -0.25) is 15.1 Å². The van der Waals surface area contributed by atoms with Gasteiger partial charge in [-0.1, -0.05) is 0 Å². The van der Waals surface area contributed by atoms with Crippen molar-refractivity contribution in [3.63, 3.8) is 0 Å². The van der Waals surface area contributed by atoms with Gasteiger partial charge in [-0.25, -0.2) is 24.6 Å². The number of carbonyl (C=O) groups is 2. The van der Waals surface area contributed by atoms with Gasteiger partial charge >= 0.3 is 6.03 Å². The number of alkyl halides is 1. The fourth-order valence-electron chi connectivity index (χ4n) is 6.38. The number of aromatic nitrogens is 3. The summed E-state index contributed by atoms with van der Waals surface area (Å²) < 4.78 is 26.4. The molecule has 4 aliphatic rings. The number of nitrogens with zero attached hydrogens (tertiary/aromatic N) is 6. The number of urea groups is 1. The molecular weight excluding hydrogens is 607 g/mol. The van der Waals surface area contributed by atoms with E-state index < -0.39 is 30.4 Å². The summed E-state index contributed by atoms with van der Waals surface area (Å²) in [5.74, 6) is 0.125. The zero-order chi connectivity index (χ0) is 32.3. The first-order chi connectivity index (χ1) is 22.9. The van der Waals surface area contributed by atoms with Gasteiger partial charge in [0.1, 0.15) is 30.4 Å². The molecule has 7 rings (SSSR count). The molecule has 0 radical (unpaired) electrons. The lowest BCUT2D eigenvalue weighted by molar-refractivity contribution is -0.127. The Kier molecular flexibility index (Phi) is 8.79. The van der Waals surface area contributed by atoms with Crippen LogP contribution in [-0.4, -0.2) is 95.5 Å². The maximum Gasteiger partial charge on any atom is 0.330 e. The van der Waals surface area contributed by atoms with Gasteiger partial charge in [0.25, 0.3) is 0 Å². The van der Waals surface area contributed by atoms with Crippen LogP contribution in [0.25, 0.3) is 11.4 Å². The molecule has 4 fully saturated rings. The largest absolute Gasteiger partial charge is 0.486 e. The molecule has 0 bridgehead atoms. The van der Waals surface area contributed by atoms with Crippen molar-refractivity contribution in [3.05, 3.63) is 54.4 Å². The smallest absolute Gasteiger partial charge is 0.330 e. The molecular formula is C32H35FN10O4. The zero-order valence-electron chi connectivity index (χ0n) is 25.6. The van der Waals surface area contributed by atoms with Crippen LogP contribution >= 0.6 is 0 Å². The summed E-state index contributed by atoms with van der Waals surface area (Å²) in [6.07, 6.45) is -1.06. The predicted octanol–water partition coefficient (Wildman–Crippen LogP) is 2.27. The van der Waals surface area contributed by atoms with E-state index in [1.807, 2.05) is 12.1 Å². The Bertz CT molecular complexity index is 1660. The van der Waals surface area contributed by atoms with Crippen molar-refractivity contribution in [3.8, 4) is 23.2 Å². The van der Waals surface area contributed by atoms with Gasteiger partial charge in [0.05, 0.1) is 24.8 Å². The molecule has 3 aromatic rings. The summed E-state index contributed by atoms with van der Waals surface area (Å²) in [6.45, 7) is 5.69. The number of hydrogen-bond donors (Lipinski definition) is 4. The van der Waals surface area contributed by atoms with Gasteiger partial charge in [-0.15, -0.1) is 0 Å². The van der Waals surface area contributed by atoms with Crippen LogP contribution < -0.4 is 31.1 Å². The van der Waals surface area contributed by atoms with Crippen molar-refractivity contribution in [2.75, 3.05) is 49.6 Å². The van der Waals surface area contributed by atoms with Crippen LogP contribution in [0.4, 0.5) is 26.5 Å². The number of rotatable bonds is 9.